The quantitative estimate of drug-likeness (QED) is 0.195. The molecule has 4 fully saturated rings. The van der Waals surface area contributed by atoms with Crippen molar-refractivity contribution in [3.05, 3.63) is 74.7 Å². The van der Waals surface area contributed by atoms with E-state index in [0.29, 0.717) is 65.5 Å². The maximum atomic E-state index is 13.8. The van der Waals surface area contributed by atoms with Gasteiger partial charge in [0.25, 0.3) is 11.5 Å². The van der Waals surface area contributed by atoms with Crippen molar-refractivity contribution in [3.63, 3.8) is 0 Å². The lowest BCUT2D eigenvalue weighted by molar-refractivity contribution is -0.136. The third-order valence-corrected chi connectivity index (χ3v) is 13.5. The topological polar surface area (TPSA) is 137 Å². The fraction of sp³-hybridized carbons (Fsp3) is 0.512. The van der Waals surface area contributed by atoms with Gasteiger partial charge >= 0.3 is 6.16 Å². The Morgan fingerprint density at radius 2 is 1.62 bits per heavy atom. The van der Waals surface area contributed by atoms with Crippen LogP contribution in [0.25, 0.3) is 11.1 Å². The van der Waals surface area contributed by atoms with Crippen molar-refractivity contribution in [1.29, 1.82) is 0 Å². The van der Waals surface area contributed by atoms with Crippen LogP contribution in [0.4, 0.5) is 14.9 Å². The molecule has 2 aromatic carbocycles. The van der Waals surface area contributed by atoms with Crippen LogP contribution in [-0.2, 0) is 42.7 Å². The number of rotatable bonds is 9. The Bertz CT molecular complexity index is 2230. The number of ether oxygens (including phenoxy) is 2. The van der Waals surface area contributed by atoms with Gasteiger partial charge in [-0.3, -0.25) is 29.4 Å². The van der Waals surface area contributed by atoms with Gasteiger partial charge in [0, 0.05) is 106 Å². The van der Waals surface area contributed by atoms with E-state index in [-0.39, 0.29) is 42.8 Å². The van der Waals surface area contributed by atoms with Crippen LogP contribution in [0.3, 0.4) is 0 Å². The Morgan fingerprint density at radius 1 is 0.897 bits per heavy atom. The zero-order valence-electron chi connectivity index (χ0n) is 33.4. The van der Waals surface area contributed by atoms with Crippen molar-refractivity contribution in [2.45, 2.75) is 57.8 Å². The predicted molar refractivity (Wildman–Crippen MR) is 212 cm³/mol. The van der Waals surface area contributed by atoms with Crippen molar-refractivity contribution >= 4 is 29.6 Å². The van der Waals surface area contributed by atoms with Gasteiger partial charge in [-0.25, -0.2) is 4.79 Å². The minimum absolute atomic E-state index is 0.0302. The lowest BCUT2D eigenvalue weighted by atomic mass is 9.71. The smallest absolute Gasteiger partial charge is 0.400 e. The van der Waals surface area contributed by atoms with E-state index >= 15 is 0 Å². The van der Waals surface area contributed by atoms with E-state index in [1.807, 2.05) is 24.3 Å². The molecule has 3 aromatic rings. The van der Waals surface area contributed by atoms with E-state index in [1.54, 1.807) is 36.9 Å². The highest BCUT2D eigenvalue weighted by Gasteiger charge is 2.46. The van der Waals surface area contributed by atoms with E-state index in [2.05, 4.69) is 26.1 Å². The number of imide groups is 1. The molecule has 0 radical (unpaired) electrons. The van der Waals surface area contributed by atoms with Gasteiger partial charge in [0.2, 0.25) is 11.8 Å². The van der Waals surface area contributed by atoms with Crippen LogP contribution in [0.15, 0.2) is 41.3 Å². The number of fused-ring (bicyclic) bond motifs is 2. The van der Waals surface area contributed by atoms with E-state index in [9.17, 15) is 28.4 Å². The lowest BCUT2D eigenvalue weighted by Crippen LogP contribution is -2.61. The Hall–Kier alpha value is -5.28. The number of nitrogens with zero attached hydrogens (tertiary/aromatic N) is 6. The number of hydrogen-bond acceptors (Lipinski definition) is 10. The molecule has 0 saturated carbocycles. The number of aryl methyl sites for hydroxylation is 1. The number of methoxy groups -OCH3 is 2. The molecule has 1 spiro atoms. The normalized spacial score (nSPS) is 22.0. The second-order valence-electron chi connectivity index (χ2n) is 17.2. The number of piperidine rings is 2. The van der Waals surface area contributed by atoms with E-state index < -0.39 is 12.2 Å². The minimum atomic E-state index is -1.50. The summed E-state index contributed by atoms with van der Waals surface area (Å²) >= 11 is 0. The fourth-order valence-electron chi connectivity index (χ4n) is 10.2. The molecule has 4 amide bonds. The number of pyridine rings is 1. The first-order chi connectivity index (χ1) is 27.9. The van der Waals surface area contributed by atoms with Crippen LogP contribution in [0, 0.1) is 11.3 Å². The molecule has 0 bridgehead atoms. The molecule has 0 aliphatic carbocycles. The average Bonchev–Trinajstić information content (AvgIpc) is 3.52. The largest absolute Gasteiger partial charge is 0.496 e. The molecule has 14 nitrogen and oxygen atoms in total. The standard InChI is InChI=1S/C43H50FN7O7/c1-46-21-32(33-23-49(42(44)56)11-8-30(33)40(46)54)28-14-36(57-2)34(37(15-28)58-3)22-48-18-26(19-48)17-47-12-9-43(10-13-47)24-50(25-43)29-5-4-27-20-51(41(55)31(27)16-29)35-6-7-38(52)45-39(35)53/h4-5,14-16,21,26,35H,6-13,17-20,22-25H2,1-3H3,(H,45,52,53). The molecule has 6 aliphatic rings. The summed E-state index contributed by atoms with van der Waals surface area (Å²) in [7, 11) is 4.97. The van der Waals surface area contributed by atoms with Gasteiger partial charge in [-0.1, -0.05) is 6.07 Å². The van der Waals surface area contributed by atoms with Crippen LogP contribution in [-0.4, -0.2) is 121 Å². The molecule has 58 heavy (non-hydrogen) atoms. The number of halogens is 1. The summed E-state index contributed by atoms with van der Waals surface area (Å²) in [6.07, 6.45) is 3.44. The van der Waals surface area contributed by atoms with Crippen molar-refractivity contribution in [2.24, 2.45) is 18.4 Å². The molecule has 1 N–H and O–H groups in total. The third-order valence-electron chi connectivity index (χ3n) is 13.5. The SMILES string of the molecule is COc1cc(-c2cn(C)c(=O)c3c2CN(C(=O)F)CC3)cc(OC)c1CN1CC(CN2CCC3(CC2)CN(c2ccc4c(c2)C(=O)N(C2CCC(=O)NC2=O)C4)C3)C1. The summed E-state index contributed by atoms with van der Waals surface area (Å²) in [6, 6.07) is 9.38. The molecule has 1 aromatic heterocycles. The van der Waals surface area contributed by atoms with E-state index in [0.717, 1.165) is 91.5 Å². The third kappa shape index (κ3) is 6.81. The summed E-state index contributed by atoms with van der Waals surface area (Å²) < 4.78 is 27.1. The predicted octanol–water partition coefficient (Wildman–Crippen LogP) is 3.31. The van der Waals surface area contributed by atoms with Crippen LogP contribution >= 0.6 is 0 Å². The van der Waals surface area contributed by atoms with Crippen LogP contribution in [0.1, 0.15) is 58.3 Å². The first kappa shape index (κ1) is 38.2. The molecule has 306 valence electrons. The first-order valence-electron chi connectivity index (χ1n) is 20.3. The van der Waals surface area contributed by atoms with Gasteiger partial charge in [0.15, 0.2) is 0 Å². The van der Waals surface area contributed by atoms with Crippen molar-refractivity contribution in [1.82, 2.24) is 29.5 Å². The zero-order valence-corrected chi connectivity index (χ0v) is 33.4. The number of amides is 4. The highest BCUT2D eigenvalue weighted by Crippen LogP contribution is 2.44. The minimum Gasteiger partial charge on any atom is -0.496 e. The van der Waals surface area contributed by atoms with Gasteiger partial charge in [0.1, 0.15) is 17.5 Å². The number of hydrogen-bond donors (Lipinski definition) is 1. The fourth-order valence-corrected chi connectivity index (χ4v) is 10.2. The molecule has 1 unspecified atom stereocenters. The maximum absolute atomic E-state index is 13.8. The second-order valence-corrected chi connectivity index (χ2v) is 17.2. The van der Waals surface area contributed by atoms with Gasteiger partial charge in [-0.2, -0.15) is 0 Å². The van der Waals surface area contributed by atoms with Gasteiger partial charge in [0.05, 0.1) is 19.8 Å². The number of benzene rings is 2. The second kappa shape index (κ2) is 14.8. The number of aromatic nitrogens is 1. The monoisotopic (exact) mass is 795 g/mol. The molecule has 1 atom stereocenters. The maximum Gasteiger partial charge on any atom is 0.400 e. The summed E-state index contributed by atoms with van der Waals surface area (Å²) in [5.74, 6) is 1.12. The Morgan fingerprint density at radius 3 is 2.29 bits per heavy atom. The van der Waals surface area contributed by atoms with Crippen molar-refractivity contribution in [2.75, 3.05) is 71.5 Å². The summed E-state index contributed by atoms with van der Waals surface area (Å²) in [5.41, 5.74) is 6.51. The Kier molecular flexibility index (Phi) is 9.78. The molecule has 4 saturated heterocycles. The van der Waals surface area contributed by atoms with Crippen molar-refractivity contribution in [3.8, 4) is 22.6 Å². The molecule has 6 aliphatic heterocycles. The number of anilines is 1. The average molecular weight is 796 g/mol. The number of likely N-dealkylation sites (tertiary alicyclic amines) is 2. The van der Waals surface area contributed by atoms with E-state index in [4.69, 9.17) is 9.47 Å². The zero-order chi connectivity index (χ0) is 40.5. The molecular weight excluding hydrogens is 746 g/mol. The first-order valence-corrected chi connectivity index (χ1v) is 20.3. The molecule has 15 heteroatoms. The Balaban J connectivity index is 0.777. The summed E-state index contributed by atoms with van der Waals surface area (Å²) in [5, 5.41) is 2.37. The van der Waals surface area contributed by atoms with Gasteiger partial charge in [-0.15, -0.1) is 4.39 Å². The highest BCUT2D eigenvalue weighted by molar-refractivity contribution is 6.05. The number of carbonyl (C=O) groups excluding carboxylic acids is 4. The Labute approximate surface area is 336 Å². The van der Waals surface area contributed by atoms with Crippen molar-refractivity contribution < 1.29 is 33.0 Å². The summed E-state index contributed by atoms with van der Waals surface area (Å²) in [6.45, 7) is 8.37. The van der Waals surface area contributed by atoms with Crippen LogP contribution < -0.4 is 25.2 Å². The number of nitrogens with one attached hydrogen (secondary N) is 1. The van der Waals surface area contributed by atoms with Gasteiger partial charge < -0.3 is 33.6 Å². The molecular formula is C43H50FN7O7. The lowest BCUT2D eigenvalue weighted by Gasteiger charge is -2.55. The summed E-state index contributed by atoms with van der Waals surface area (Å²) in [4.78, 5) is 72.2. The molecule has 9 rings (SSSR count). The van der Waals surface area contributed by atoms with Gasteiger partial charge in [-0.05, 0) is 85.6 Å². The highest BCUT2D eigenvalue weighted by atomic mass is 19.1. The van der Waals surface area contributed by atoms with Crippen LogP contribution in [0.2, 0.25) is 0 Å². The number of carbonyl (C=O) groups is 4. The van der Waals surface area contributed by atoms with Crippen LogP contribution in [0.5, 0.6) is 11.5 Å². The van der Waals surface area contributed by atoms with E-state index in [1.165, 1.54) is 0 Å². The molecule has 7 heterocycles.